The molecule has 7 nitrogen and oxygen atoms in total. The van der Waals surface area contributed by atoms with E-state index in [2.05, 4.69) is 5.10 Å². The van der Waals surface area contributed by atoms with Crippen LogP contribution in [-0.4, -0.2) is 29.3 Å². The molecule has 8 heteroatoms. The van der Waals surface area contributed by atoms with Crippen LogP contribution in [0, 0.1) is 6.92 Å². The SMILES string of the molecule is Cc1ccc(-c2c(-c3ccc(S(N)(=O)=O)cc3)nn(Cc3ccccc3)c2C(=O)O)cc1. The number of aromatic carboxylic acids is 1. The molecule has 0 unspecified atom stereocenters. The van der Waals surface area contributed by atoms with Gasteiger partial charge in [0.1, 0.15) is 5.69 Å². The van der Waals surface area contributed by atoms with E-state index >= 15 is 0 Å². The fraction of sp³-hybridized carbons (Fsp3) is 0.0833. The average molecular weight is 448 g/mol. The van der Waals surface area contributed by atoms with E-state index in [1.165, 1.54) is 16.8 Å². The highest BCUT2D eigenvalue weighted by Gasteiger charge is 2.25. The van der Waals surface area contributed by atoms with Gasteiger partial charge < -0.3 is 5.11 Å². The summed E-state index contributed by atoms with van der Waals surface area (Å²) in [6.45, 7) is 2.23. The Morgan fingerprint density at radius 3 is 2.09 bits per heavy atom. The van der Waals surface area contributed by atoms with E-state index in [0.717, 1.165) is 11.1 Å². The summed E-state index contributed by atoms with van der Waals surface area (Å²) in [6, 6.07) is 22.9. The highest BCUT2D eigenvalue weighted by atomic mass is 32.2. The lowest BCUT2D eigenvalue weighted by Crippen LogP contribution is -2.11. The first-order chi connectivity index (χ1) is 15.2. The molecular weight excluding hydrogens is 426 g/mol. The maximum atomic E-state index is 12.3. The number of carboxylic acid groups (broad SMARTS) is 1. The molecular formula is C24H21N3O4S. The molecule has 3 N–H and O–H groups in total. The van der Waals surface area contributed by atoms with E-state index in [9.17, 15) is 18.3 Å². The number of carboxylic acids is 1. The molecule has 0 amide bonds. The minimum absolute atomic E-state index is 0.0275. The first-order valence-electron chi connectivity index (χ1n) is 9.82. The Morgan fingerprint density at radius 2 is 1.53 bits per heavy atom. The molecule has 0 atom stereocenters. The van der Waals surface area contributed by atoms with Gasteiger partial charge in [-0.3, -0.25) is 4.68 Å². The summed E-state index contributed by atoms with van der Waals surface area (Å²) >= 11 is 0. The van der Waals surface area contributed by atoms with Crippen molar-refractivity contribution >= 4 is 16.0 Å². The van der Waals surface area contributed by atoms with Crippen molar-refractivity contribution in [2.24, 2.45) is 5.14 Å². The largest absolute Gasteiger partial charge is 0.477 e. The van der Waals surface area contributed by atoms with Crippen molar-refractivity contribution in [1.82, 2.24) is 9.78 Å². The molecule has 0 saturated carbocycles. The molecule has 32 heavy (non-hydrogen) atoms. The zero-order valence-corrected chi connectivity index (χ0v) is 18.1. The van der Waals surface area contributed by atoms with Crippen molar-refractivity contribution < 1.29 is 18.3 Å². The van der Waals surface area contributed by atoms with E-state index in [0.29, 0.717) is 22.4 Å². The van der Waals surface area contributed by atoms with Gasteiger partial charge in [-0.2, -0.15) is 5.10 Å². The van der Waals surface area contributed by atoms with Gasteiger partial charge in [0.25, 0.3) is 0 Å². The number of aromatic nitrogens is 2. The summed E-state index contributed by atoms with van der Waals surface area (Å²) in [4.78, 5) is 12.3. The Hall–Kier alpha value is -3.75. The highest BCUT2D eigenvalue weighted by molar-refractivity contribution is 7.89. The molecule has 0 saturated heterocycles. The molecule has 4 rings (SSSR count). The number of aryl methyl sites for hydroxylation is 1. The van der Waals surface area contributed by atoms with E-state index in [1.54, 1.807) is 12.1 Å². The van der Waals surface area contributed by atoms with E-state index in [4.69, 9.17) is 5.14 Å². The number of hydrogen-bond acceptors (Lipinski definition) is 4. The predicted octanol–water partition coefficient (Wildman–Crippen LogP) is 3.92. The second-order valence-electron chi connectivity index (χ2n) is 7.46. The summed E-state index contributed by atoms with van der Waals surface area (Å²) in [7, 11) is -3.85. The van der Waals surface area contributed by atoms with E-state index in [-0.39, 0.29) is 17.1 Å². The number of nitrogens with two attached hydrogens (primary N) is 1. The van der Waals surface area contributed by atoms with Crippen molar-refractivity contribution in [3.05, 3.63) is 95.7 Å². The van der Waals surface area contributed by atoms with Crippen LogP contribution in [0.5, 0.6) is 0 Å². The number of hydrogen-bond donors (Lipinski definition) is 2. The number of rotatable bonds is 6. The van der Waals surface area contributed by atoms with Crippen molar-refractivity contribution in [2.75, 3.05) is 0 Å². The molecule has 0 aliphatic carbocycles. The zero-order chi connectivity index (χ0) is 22.9. The minimum Gasteiger partial charge on any atom is -0.477 e. The molecule has 0 bridgehead atoms. The van der Waals surface area contributed by atoms with Gasteiger partial charge in [0.05, 0.1) is 11.4 Å². The van der Waals surface area contributed by atoms with Crippen molar-refractivity contribution in [1.29, 1.82) is 0 Å². The molecule has 0 aliphatic heterocycles. The van der Waals surface area contributed by atoms with Crippen LogP contribution < -0.4 is 5.14 Å². The van der Waals surface area contributed by atoms with Crippen LogP contribution in [0.25, 0.3) is 22.4 Å². The van der Waals surface area contributed by atoms with Gasteiger partial charge in [-0.05, 0) is 30.2 Å². The Labute approximate surface area is 185 Å². The van der Waals surface area contributed by atoms with Crippen molar-refractivity contribution in [3.63, 3.8) is 0 Å². The quantitative estimate of drug-likeness (QED) is 0.465. The van der Waals surface area contributed by atoms with Crippen molar-refractivity contribution in [2.45, 2.75) is 18.4 Å². The third kappa shape index (κ3) is 4.32. The lowest BCUT2D eigenvalue weighted by Gasteiger charge is -2.07. The Bertz CT molecular complexity index is 1380. The van der Waals surface area contributed by atoms with Gasteiger partial charge >= 0.3 is 5.97 Å². The van der Waals surface area contributed by atoms with Crippen LogP contribution in [0.4, 0.5) is 0 Å². The van der Waals surface area contributed by atoms with Gasteiger partial charge in [0.15, 0.2) is 5.69 Å². The minimum atomic E-state index is -3.85. The molecule has 1 aromatic heterocycles. The molecule has 0 spiro atoms. The van der Waals surface area contributed by atoms with Gasteiger partial charge in [-0.25, -0.2) is 18.4 Å². The predicted molar refractivity (Wildman–Crippen MR) is 122 cm³/mol. The second-order valence-corrected chi connectivity index (χ2v) is 9.02. The molecule has 3 aromatic carbocycles. The lowest BCUT2D eigenvalue weighted by atomic mass is 9.98. The fourth-order valence-electron chi connectivity index (χ4n) is 3.55. The maximum absolute atomic E-state index is 12.3. The first kappa shape index (κ1) is 21.5. The lowest BCUT2D eigenvalue weighted by molar-refractivity contribution is 0.0685. The van der Waals surface area contributed by atoms with Gasteiger partial charge in [-0.1, -0.05) is 72.3 Å². The molecule has 0 aliphatic rings. The Kier molecular flexibility index (Phi) is 5.65. The summed E-state index contributed by atoms with van der Waals surface area (Å²) in [5.74, 6) is -1.10. The zero-order valence-electron chi connectivity index (χ0n) is 17.3. The van der Waals surface area contributed by atoms with Crippen molar-refractivity contribution in [3.8, 4) is 22.4 Å². The van der Waals surface area contributed by atoms with Crippen LogP contribution in [-0.2, 0) is 16.6 Å². The van der Waals surface area contributed by atoms with Crippen LogP contribution >= 0.6 is 0 Å². The summed E-state index contributed by atoms with van der Waals surface area (Å²) < 4.78 is 24.7. The van der Waals surface area contributed by atoms with Crippen LogP contribution in [0.15, 0.2) is 83.8 Å². The molecule has 162 valence electrons. The number of benzene rings is 3. The van der Waals surface area contributed by atoms with Gasteiger partial charge in [0, 0.05) is 11.1 Å². The summed E-state index contributed by atoms with van der Waals surface area (Å²) in [5, 5.41) is 19.9. The smallest absolute Gasteiger partial charge is 0.354 e. The van der Waals surface area contributed by atoms with E-state index < -0.39 is 16.0 Å². The van der Waals surface area contributed by atoms with Crippen LogP contribution in [0.1, 0.15) is 21.6 Å². The van der Waals surface area contributed by atoms with E-state index in [1.807, 2.05) is 61.5 Å². The van der Waals surface area contributed by atoms with Crippen LogP contribution in [0.2, 0.25) is 0 Å². The topological polar surface area (TPSA) is 115 Å². The third-order valence-electron chi connectivity index (χ3n) is 5.13. The van der Waals surface area contributed by atoms with Crippen LogP contribution in [0.3, 0.4) is 0 Å². The van der Waals surface area contributed by atoms with Gasteiger partial charge in [-0.15, -0.1) is 0 Å². The summed E-state index contributed by atoms with van der Waals surface area (Å²) in [6.07, 6.45) is 0. The number of primary sulfonamides is 1. The number of carbonyl (C=O) groups is 1. The molecule has 0 fully saturated rings. The highest BCUT2D eigenvalue weighted by Crippen LogP contribution is 2.35. The molecule has 4 aromatic rings. The number of sulfonamides is 1. The third-order valence-corrected chi connectivity index (χ3v) is 6.06. The monoisotopic (exact) mass is 447 g/mol. The fourth-order valence-corrected chi connectivity index (χ4v) is 4.06. The second kappa shape index (κ2) is 8.41. The molecule has 1 heterocycles. The summed E-state index contributed by atoms with van der Waals surface area (Å²) in [5.41, 5.74) is 4.22. The standard InChI is InChI=1S/C24H21N3O4S/c1-16-7-9-18(10-8-16)21-22(19-11-13-20(14-12-19)32(25,30)31)26-27(23(21)24(28)29)15-17-5-3-2-4-6-17/h2-14H,15H2,1H3,(H,28,29)(H2,25,30,31). The Morgan fingerprint density at radius 1 is 0.938 bits per heavy atom. The average Bonchev–Trinajstić information content (AvgIpc) is 3.14. The normalized spacial score (nSPS) is 11.4. The first-order valence-corrected chi connectivity index (χ1v) is 11.4. The van der Waals surface area contributed by atoms with Gasteiger partial charge in [0.2, 0.25) is 10.0 Å². The Balaban J connectivity index is 1.94. The number of nitrogens with zero attached hydrogens (tertiary/aromatic N) is 2. The molecule has 0 radical (unpaired) electrons. The maximum Gasteiger partial charge on any atom is 0.354 e.